The highest BCUT2D eigenvalue weighted by molar-refractivity contribution is 7.71. The van der Waals surface area contributed by atoms with Crippen molar-refractivity contribution in [1.82, 2.24) is 14.5 Å². The predicted molar refractivity (Wildman–Crippen MR) is 75.1 cm³/mol. The number of aromatic nitrogens is 3. The summed E-state index contributed by atoms with van der Waals surface area (Å²) in [6, 6.07) is 8.87. The number of fused-ring (bicyclic) bond motifs is 1. The van der Waals surface area contributed by atoms with E-state index in [4.69, 9.17) is 12.2 Å². The van der Waals surface area contributed by atoms with Crippen molar-refractivity contribution in [3.63, 3.8) is 0 Å². The predicted octanol–water partition coefficient (Wildman–Crippen LogP) is 3.84. The average molecular weight is 273 g/mol. The van der Waals surface area contributed by atoms with E-state index >= 15 is 0 Å². The highest BCUT2D eigenvalue weighted by Crippen LogP contribution is 2.25. The SMILES string of the molecule is CC(c1ccncc1)n1c(=S)[nH]c2c(F)cccc21. The van der Waals surface area contributed by atoms with Crippen molar-refractivity contribution in [3.05, 3.63) is 58.9 Å². The Morgan fingerprint density at radius 1 is 1.26 bits per heavy atom. The van der Waals surface area contributed by atoms with Crippen LogP contribution in [0.5, 0.6) is 0 Å². The van der Waals surface area contributed by atoms with Crippen LogP contribution in [0.3, 0.4) is 0 Å². The molecule has 3 aromatic rings. The maximum atomic E-state index is 13.7. The fraction of sp³-hybridized carbons (Fsp3) is 0.143. The summed E-state index contributed by atoms with van der Waals surface area (Å²) in [6.07, 6.45) is 3.48. The summed E-state index contributed by atoms with van der Waals surface area (Å²) in [7, 11) is 0. The number of nitrogens with one attached hydrogen (secondary N) is 1. The first-order chi connectivity index (χ1) is 9.18. The third-order valence-electron chi connectivity index (χ3n) is 3.28. The van der Waals surface area contributed by atoms with Gasteiger partial charge in [0.2, 0.25) is 0 Å². The van der Waals surface area contributed by atoms with Gasteiger partial charge >= 0.3 is 0 Å². The molecule has 3 rings (SSSR count). The summed E-state index contributed by atoms with van der Waals surface area (Å²) >= 11 is 5.31. The molecule has 96 valence electrons. The van der Waals surface area contributed by atoms with Crippen molar-refractivity contribution < 1.29 is 4.39 Å². The second-order valence-electron chi connectivity index (χ2n) is 4.39. The van der Waals surface area contributed by atoms with E-state index in [1.165, 1.54) is 6.07 Å². The lowest BCUT2D eigenvalue weighted by atomic mass is 10.1. The number of imidazole rings is 1. The molecular weight excluding hydrogens is 261 g/mol. The van der Waals surface area contributed by atoms with Gasteiger partial charge in [0.25, 0.3) is 0 Å². The fourth-order valence-corrected chi connectivity index (χ4v) is 2.65. The Kier molecular flexibility index (Phi) is 2.91. The molecule has 0 fully saturated rings. The van der Waals surface area contributed by atoms with Gasteiger partial charge in [-0.2, -0.15) is 0 Å². The van der Waals surface area contributed by atoms with Gasteiger partial charge in [-0.15, -0.1) is 0 Å². The first-order valence-corrected chi connectivity index (χ1v) is 6.38. The lowest BCUT2D eigenvalue weighted by molar-refractivity contribution is 0.636. The van der Waals surface area contributed by atoms with Crippen molar-refractivity contribution in [1.29, 1.82) is 0 Å². The molecular formula is C14H12FN3S. The summed E-state index contributed by atoms with van der Waals surface area (Å²) in [6.45, 7) is 2.03. The minimum absolute atomic E-state index is 0.0195. The van der Waals surface area contributed by atoms with Crippen molar-refractivity contribution >= 4 is 23.3 Å². The van der Waals surface area contributed by atoms with Gasteiger partial charge in [0.15, 0.2) is 4.77 Å². The molecule has 2 aromatic heterocycles. The normalized spacial score (nSPS) is 12.7. The number of nitrogens with zero attached hydrogens (tertiary/aromatic N) is 2. The molecule has 19 heavy (non-hydrogen) atoms. The van der Waals surface area contributed by atoms with E-state index in [1.807, 2.05) is 29.7 Å². The van der Waals surface area contributed by atoms with E-state index < -0.39 is 0 Å². The Morgan fingerprint density at radius 3 is 2.74 bits per heavy atom. The Morgan fingerprint density at radius 2 is 2.00 bits per heavy atom. The van der Waals surface area contributed by atoms with Gasteiger partial charge in [0, 0.05) is 12.4 Å². The van der Waals surface area contributed by atoms with Gasteiger partial charge in [0.1, 0.15) is 11.3 Å². The quantitative estimate of drug-likeness (QED) is 0.720. The standard InChI is InChI=1S/C14H12FN3S/c1-9(10-5-7-16-8-6-10)18-12-4-2-3-11(15)13(12)17-14(18)19/h2-9H,1H3,(H,17,19). The van der Waals surface area contributed by atoms with Gasteiger partial charge in [0.05, 0.1) is 11.6 Å². The van der Waals surface area contributed by atoms with E-state index in [0.717, 1.165) is 11.1 Å². The number of para-hydroxylation sites is 1. The van der Waals surface area contributed by atoms with Crippen LogP contribution in [0.25, 0.3) is 11.0 Å². The largest absolute Gasteiger partial charge is 0.328 e. The molecule has 0 bridgehead atoms. The summed E-state index contributed by atoms with van der Waals surface area (Å²) in [5.74, 6) is -0.288. The monoisotopic (exact) mass is 273 g/mol. The zero-order valence-electron chi connectivity index (χ0n) is 10.3. The zero-order valence-corrected chi connectivity index (χ0v) is 11.1. The smallest absolute Gasteiger partial charge is 0.178 e. The highest BCUT2D eigenvalue weighted by Gasteiger charge is 2.14. The number of halogens is 1. The summed E-state index contributed by atoms with van der Waals surface area (Å²) in [4.78, 5) is 6.94. The van der Waals surface area contributed by atoms with Gasteiger partial charge in [-0.05, 0) is 49.0 Å². The number of rotatable bonds is 2. The van der Waals surface area contributed by atoms with Crippen LogP contribution in [-0.2, 0) is 0 Å². The van der Waals surface area contributed by atoms with Crippen LogP contribution in [0, 0.1) is 10.6 Å². The van der Waals surface area contributed by atoms with Crippen molar-refractivity contribution in [2.45, 2.75) is 13.0 Å². The molecule has 0 aliphatic heterocycles. The number of aromatic amines is 1. The minimum Gasteiger partial charge on any atom is -0.328 e. The van der Waals surface area contributed by atoms with Crippen LogP contribution in [0.1, 0.15) is 18.5 Å². The molecule has 0 spiro atoms. The summed E-state index contributed by atoms with van der Waals surface area (Å²) in [5.41, 5.74) is 2.30. The molecule has 3 nitrogen and oxygen atoms in total. The Balaban J connectivity index is 2.23. The van der Waals surface area contributed by atoms with Crippen LogP contribution in [0.4, 0.5) is 4.39 Å². The average Bonchev–Trinajstić information content (AvgIpc) is 2.77. The molecule has 1 atom stereocenters. The fourth-order valence-electron chi connectivity index (χ4n) is 2.29. The molecule has 0 saturated carbocycles. The first-order valence-electron chi connectivity index (χ1n) is 5.97. The minimum atomic E-state index is -0.288. The van der Waals surface area contributed by atoms with E-state index in [2.05, 4.69) is 9.97 Å². The zero-order chi connectivity index (χ0) is 13.4. The summed E-state index contributed by atoms with van der Waals surface area (Å²) < 4.78 is 16.2. The number of hydrogen-bond donors (Lipinski definition) is 1. The van der Waals surface area contributed by atoms with Crippen LogP contribution < -0.4 is 0 Å². The Hall–Kier alpha value is -2.01. The lowest BCUT2D eigenvalue weighted by Crippen LogP contribution is -2.06. The third-order valence-corrected chi connectivity index (χ3v) is 3.58. The molecule has 0 radical (unpaired) electrons. The van der Waals surface area contributed by atoms with E-state index in [0.29, 0.717) is 10.3 Å². The molecule has 0 amide bonds. The Labute approximate surface area is 114 Å². The first kappa shape index (κ1) is 12.0. The van der Waals surface area contributed by atoms with Crippen molar-refractivity contribution in [2.75, 3.05) is 0 Å². The number of pyridine rings is 1. The van der Waals surface area contributed by atoms with E-state index in [9.17, 15) is 4.39 Å². The molecule has 0 aliphatic rings. The molecule has 1 aromatic carbocycles. The summed E-state index contributed by atoms with van der Waals surface area (Å²) in [5, 5.41) is 0. The number of hydrogen-bond acceptors (Lipinski definition) is 2. The van der Waals surface area contributed by atoms with Crippen LogP contribution >= 0.6 is 12.2 Å². The highest BCUT2D eigenvalue weighted by atomic mass is 32.1. The third kappa shape index (κ3) is 1.96. The van der Waals surface area contributed by atoms with E-state index in [1.54, 1.807) is 18.5 Å². The molecule has 5 heteroatoms. The molecule has 2 heterocycles. The lowest BCUT2D eigenvalue weighted by Gasteiger charge is -2.14. The molecule has 0 aliphatic carbocycles. The Bertz CT molecular complexity index is 776. The van der Waals surface area contributed by atoms with Crippen molar-refractivity contribution in [2.24, 2.45) is 0 Å². The van der Waals surface area contributed by atoms with Crippen LogP contribution in [0.2, 0.25) is 0 Å². The van der Waals surface area contributed by atoms with Gasteiger partial charge < -0.3 is 9.55 Å². The van der Waals surface area contributed by atoms with Crippen LogP contribution in [-0.4, -0.2) is 14.5 Å². The number of H-pyrrole nitrogens is 1. The van der Waals surface area contributed by atoms with Crippen LogP contribution in [0.15, 0.2) is 42.7 Å². The molecule has 0 saturated heterocycles. The second-order valence-corrected chi connectivity index (χ2v) is 4.78. The van der Waals surface area contributed by atoms with Gasteiger partial charge in [-0.1, -0.05) is 6.07 Å². The molecule has 1 unspecified atom stereocenters. The maximum Gasteiger partial charge on any atom is 0.178 e. The topological polar surface area (TPSA) is 33.6 Å². The van der Waals surface area contributed by atoms with Gasteiger partial charge in [-0.25, -0.2) is 4.39 Å². The van der Waals surface area contributed by atoms with E-state index in [-0.39, 0.29) is 11.9 Å². The maximum absolute atomic E-state index is 13.7. The molecule has 1 N–H and O–H groups in total. The number of benzene rings is 1. The second kappa shape index (κ2) is 4.59. The van der Waals surface area contributed by atoms with Gasteiger partial charge in [-0.3, -0.25) is 4.98 Å². The van der Waals surface area contributed by atoms with Crippen molar-refractivity contribution in [3.8, 4) is 0 Å².